The van der Waals surface area contributed by atoms with Gasteiger partial charge in [0.2, 0.25) is 0 Å². The van der Waals surface area contributed by atoms with Gasteiger partial charge in [-0.05, 0) is 92.9 Å². The summed E-state index contributed by atoms with van der Waals surface area (Å²) >= 11 is 5.72. The van der Waals surface area contributed by atoms with Crippen molar-refractivity contribution in [3.63, 3.8) is 0 Å². The monoisotopic (exact) mass is 961 g/mol. The van der Waals surface area contributed by atoms with E-state index >= 15 is 0 Å². The molecule has 0 unspecified atom stereocenters. The Morgan fingerprint density at radius 2 is 0.971 bits per heavy atom. The van der Waals surface area contributed by atoms with E-state index in [1.165, 1.54) is 46.9 Å². The maximum atomic E-state index is 12.0. The number of fused-ring (bicyclic) bond motifs is 3. The topological polar surface area (TPSA) is 276 Å². The summed E-state index contributed by atoms with van der Waals surface area (Å²) in [7, 11) is 0. The Morgan fingerprint density at radius 3 is 1.34 bits per heavy atom. The van der Waals surface area contributed by atoms with Crippen LogP contribution in [0.25, 0.3) is 16.9 Å². The largest absolute Gasteiger partial charge is 1.00 e. The summed E-state index contributed by atoms with van der Waals surface area (Å²) in [5, 5.41) is 21.5. The molecule has 6 aromatic rings. The number of aromatic carboxylic acids is 1. The van der Waals surface area contributed by atoms with E-state index in [-0.39, 0.29) is 59.8 Å². The van der Waals surface area contributed by atoms with Crippen molar-refractivity contribution in [1.82, 2.24) is 43.8 Å². The number of halogens is 1. The number of esters is 2. The molecule has 3 aliphatic heterocycles. The van der Waals surface area contributed by atoms with Gasteiger partial charge in [-0.1, -0.05) is 11.6 Å². The molecule has 366 valence electrons. The summed E-state index contributed by atoms with van der Waals surface area (Å²) < 4.78 is 31.4. The second-order valence-electron chi connectivity index (χ2n) is 16.1. The van der Waals surface area contributed by atoms with Crippen LogP contribution in [0.3, 0.4) is 0 Å². The molecular formula is C44H61ClLiN11O11. The van der Waals surface area contributed by atoms with Crippen LogP contribution in [-0.2, 0) is 23.7 Å². The van der Waals surface area contributed by atoms with Gasteiger partial charge in [0.15, 0.2) is 16.9 Å². The Hall–Kier alpha value is -5.44. The van der Waals surface area contributed by atoms with Gasteiger partial charge in [0.25, 0.3) is 0 Å². The number of nitrogens with zero attached hydrogens (tertiary/aromatic N) is 11. The van der Waals surface area contributed by atoms with E-state index in [0.717, 1.165) is 37.8 Å². The zero-order valence-corrected chi connectivity index (χ0v) is 40.7. The number of rotatable bonds is 7. The fourth-order valence-electron chi connectivity index (χ4n) is 7.73. The minimum absolute atomic E-state index is 0. The Kier molecular flexibility index (Phi) is 22.0. The Bertz CT molecular complexity index is 2530. The molecule has 3 aliphatic rings. The second kappa shape index (κ2) is 26.4. The predicted molar refractivity (Wildman–Crippen MR) is 247 cm³/mol. The molecule has 0 bridgehead atoms. The summed E-state index contributed by atoms with van der Waals surface area (Å²) in [6.07, 6.45) is 14.8. The van der Waals surface area contributed by atoms with Crippen molar-refractivity contribution >= 4 is 58.1 Å². The van der Waals surface area contributed by atoms with Crippen LogP contribution in [0.2, 0.25) is 5.15 Å². The number of morpholine rings is 2. The smallest absolute Gasteiger partial charge is 0.870 e. The first-order valence-corrected chi connectivity index (χ1v) is 22.2. The number of carbonyl (C=O) groups is 3. The number of aromatic nitrogens is 9. The maximum Gasteiger partial charge on any atom is 1.00 e. The van der Waals surface area contributed by atoms with E-state index in [9.17, 15) is 14.4 Å². The van der Waals surface area contributed by atoms with Gasteiger partial charge in [0.1, 0.15) is 33.5 Å². The second-order valence-corrected chi connectivity index (χ2v) is 16.4. The molecule has 0 spiro atoms. The molecule has 3 saturated heterocycles. The number of carbonyl (C=O) groups excluding carboxylic acids is 2. The quantitative estimate of drug-likeness (QED) is 0.136. The van der Waals surface area contributed by atoms with Crippen LogP contribution in [0.1, 0.15) is 106 Å². The van der Waals surface area contributed by atoms with Crippen molar-refractivity contribution in [2.75, 3.05) is 49.2 Å². The third kappa shape index (κ3) is 14.8. The minimum Gasteiger partial charge on any atom is -0.870 e. The minimum atomic E-state index is -1.02. The molecule has 68 heavy (non-hydrogen) atoms. The number of hydrogen-bond acceptors (Lipinski definition) is 17. The number of carboxylic acid groups (broad SMARTS) is 1. The summed E-state index contributed by atoms with van der Waals surface area (Å²) in [6, 6.07) is 5.34. The summed E-state index contributed by atoms with van der Waals surface area (Å²) in [5.74, 6) is -0.287. The predicted octanol–water partition coefficient (Wildman–Crippen LogP) is 2.09. The normalized spacial score (nSPS) is 21.0. The van der Waals surface area contributed by atoms with Gasteiger partial charge in [-0.25, -0.2) is 42.9 Å². The van der Waals surface area contributed by atoms with Crippen molar-refractivity contribution < 1.29 is 73.0 Å². The summed E-state index contributed by atoms with van der Waals surface area (Å²) in [5.41, 5.74) is 2.10. The molecule has 0 aromatic carbocycles. The van der Waals surface area contributed by atoms with Crippen molar-refractivity contribution in [3.05, 3.63) is 77.2 Å². The molecule has 0 radical (unpaired) electrons. The van der Waals surface area contributed by atoms with Crippen LogP contribution < -0.4 is 28.7 Å². The molecule has 6 aromatic heterocycles. The first-order chi connectivity index (χ1) is 31.1. The van der Waals surface area contributed by atoms with E-state index in [1.54, 1.807) is 36.8 Å². The van der Waals surface area contributed by atoms with Crippen LogP contribution in [0, 0.1) is 0 Å². The van der Waals surface area contributed by atoms with Crippen molar-refractivity contribution in [3.8, 4) is 0 Å². The van der Waals surface area contributed by atoms with E-state index < -0.39 is 17.9 Å². The number of anilines is 2. The van der Waals surface area contributed by atoms with E-state index in [0.29, 0.717) is 58.6 Å². The summed E-state index contributed by atoms with van der Waals surface area (Å²) in [4.78, 5) is 51.9. The van der Waals surface area contributed by atoms with Crippen molar-refractivity contribution in [1.29, 1.82) is 0 Å². The molecule has 22 nitrogen and oxygen atoms in total. The Morgan fingerprint density at radius 1 is 0.618 bits per heavy atom. The zero-order valence-electron chi connectivity index (χ0n) is 40.0. The molecule has 24 heteroatoms. The summed E-state index contributed by atoms with van der Waals surface area (Å²) in [6.45, 7) is 19.6. The average Bonchev–Trinajstić information content (AvgIpc) is 4.00. The average molecular weight is 962 g/mol. The Labute approximate surface area is 411 Å². The molecule has 4 N–H and O–H groups in total. The number of hydrogen-bond donors (Lipinski definition) is 1. The first kappa shape index (κ1) is 56.9. The third-order valence-corrected chi connectivity index (χ3v) is 10.6. The molecule has 6 atom stereocenters. The van der Waals surface area contributed by atoms with Gasteiger partial charge in [-0.3, -0.25) is 0 Å². The fraction of sp³-hybridized carbons (Fsp3) is 0.523. The van der Waals surface area contributed by atoms with Gasteiger partial charge in [-0.15, -0.1) is 0 Å². The van der Waals surface area contributed by atoms with Crippen molar-refractivity contribution in [2.45, 2.75) is 111 Å². The van der Waals surface area contributed by atoms with Crippen LogP contribution in [0.15, 0.2) is 55.4 Å². The van der Waals surface area contributed by atoms with Gasteiger partial charge < -0.3 is 49.5 Å². The van der Waals surface area contributed by atoms with Crippen LogP contribution in [0.5, 0.6) is 0 Å². The van der Waals surface area contributed by atoms with Crippen LogP contribution in [-0.4, -0.2) is 154 Å². The van der Waals surface area contributed by atoms with E-state index in [2.05, 4.69) is 53.9 Å². The van der Waals surface area contributed by atoms with Crippen LogP contribution in [0.4, 0.5) is 11.6 Å². The number of carboxylic acids is 1. The molecule has 3 fully saturated rings. The van der Waals surface area contributed by atoms with Gasteiger partial charge >= 0.3 is 36.8 Å². The van der Waals surface area contributed by atoms with E-state index in [4.69, 9.17) is 40.4 Å². The zero-order chi connectivity index (χ0) is 46.8. The molecule has 0 saturated carbocycles. The van der Waals surface area contributed by atoms with Gasteiger partial charge in [-0.2, -0.15) is 15.3 Å². The SMILES string of the molecule is CCOC(=O)c1cnn2ccc(Cl)nc12.CCOC(=O)c1cnn2ccc(N3C[C@@H](C)O[C@@H](C)C3)nc12.C[C@@H]1CCC[C@H](C)O1.C[C@@H]1CN(c2ccn3ncc(C(=O)O)c3n2)C[C@H](C)O1.O.[Li+].[OH-]. The first-order valence-electron chi connectivity index (χ1n) is 21.9. The van der Waals surface area contributed by atoms with E-state index in [1.807, 2.05) is 46.0 Å². The van der Waals surface area contributed by atoms with Crippen LogP contribution >= 0.6 is 11.6 Å². The van der Waals surface area contributed by atoms with Gasteiger partial charge in [0, 0.05) is 44.8 Å². The molecule has 0 aliphatic carbocycles. The maximum absolute atomic E-state index is 12.0. The van der Waals surface area contributed by atoms with Crippen molar-refractivity contribution in [2.24, 2.45) is 0 Å². The van der Waals surface area contributed by atoms with Gasteiger partial charge in [0.05, 0.1) is 68.4 Å². The molecular weight excluding hydrogens is 901 g/mol. The molecule has 0 amide bonds. The molecule has 9 heterocycles. The number of ether oxygens (including phenoxy) is 5. The standard InChI is InChI=1S/C15H20N4O3.C13H16N4O3.C9H8ClN3O2.C7H14O.Li.2H2O/c1-4-21-15(20)12-7-16-19-6-5-13(17-14(12)19)18-8-10(2)22-11(3)9-18;1-8-6-16(7-9(2)20-8)11-3-4-17-12(15-11)10(5-14-17)13(18)19;1-2-15-9(14)6-5-11-13-4-3-7(10)12-8(6)13;1-6-4-3-5-7(2)8-6;;;/h5-7,10-11H,4,8-9H2,1-3H3;3-5,8-9H,6-7H2,1-2H3,(H,18,19);3-5H,2H2,1H3;6-7H,3-5H2,1-2H3;;2*1H2/q;;;;+1;;/p-1/t10-,11+;8-,9+;;6-,7+;;;. The fourth-order valence-corrected chi connectivity index (χ4v) is 7.87. The molecule has 9 rings (SSSR count). The Balaban J connectivity index is 0.000000248. The third-order valence-electron chi connectivity index (χ3n) is 10.4.